The number of ether oxygens (including phenoxy) is 1. The van der Waals surface area contributed by atoms with Crippen LogP contribution in [0.25, 0.3) is 0 Å². The van der Waals surface area contributed by atoms with Gasteiger partial charge in [-0.25, -0.2) is 0 Å². The van der Waals surface area contributed by atoms with Gasteiger partial charge in [-0.1, -0.05) is 37.3 Å². The normalized spacial score (nSPS) is 14.2. The van der Waals surface area contributed by atoms with Gasteiger partial charge in [0.1, 0.15) is 6.04 Å². The van der Waals surface area contributed by atoms with Gasteiger partial charge in [0.25, 0.3) is 0 Å². The second-order valence-corrected chi connectivity index (χ2v) is 3.78. The van der Waals surface area contributed by atoms with Crippen LogP contribution in [-0.4, -0.2) is 19.1 Å². The summed E-state index contributed by atoms with van der Waals surface area (Å²) in [5, 5.41) is 3.26. The number of carbonyl (C=O) groups excluding carboxylic acids is 1. The average Bonchev–Trinajstić information content (AvgIpc) is 2.35. The number of benzene rings is 1. The smallest absolute Gasteiger partial charge is 0.322 e. The Morgan fingerprint density at radius 3 is 2.50 bits per heavy atom. The van der Waals surface area contributed by atoms with E-state index in [9.17, 15) is 4.79 Å². The average molecular weight is 221 g/mol. The second-order valence-electron chi connectivity index (χ2n) is 3.78. The molecule has 0 aliphatic rings. The lowest BCUT2D eigenvalue weighted by molar-refractivity contribution is -0.143. The molecule has 0 unspecified atom stereocenters. The molecule has 1 N–H and O–H groups in total. The van der Waals surface area contributed by atoms with Gasteiger partial charge in [-0.2, -0.15) is 0 Å². The molecule has 0 fully saturated rings. The Labute approximate surface area is 96.8 Å². The Hall–Kier alpha value is -1.35. The molecule has 3 heteroatoms. The molecule has 1 aromatic carbocycles. The van der Waals surface area contributed by atoms with E-state index in [0.717, 1.165) is 6.42 Å². The zero-order valence-corrected chi connectivity index (χ0v) is 10.1. The zero-order valence-electron chi connectivity index (χ0n) is 10.1. The molecular formula is C13H19NO2. The molecule has 0 aliphatic heterocycles. The quantitative estimate of drug-likeness (QED) is 0.775. The standard InChI is InChI=1S/C13H19NO2/c1-4-12(13(15)16-3)14-10(2)11-8-6-5-7-9-11/h5-10,12,14H,4H2,1-3H3/t10-,12+/m0/s1. The molecule has 0 radical (unpaired) electrons. The lowest BCUT2D eigenvalue weighted by atomic mass is 10.1. The summed E-state index contributed by atoms with van der Waals surface area (Å²) in [6, 6.07) is 9.96. The molecule has 3 nitrogen and oxygen atoms in total. The Balaban J connectivity index is 2.62. The lowest BCUT2D eigenvalue weighted by Gasteiger charge is -2.20. The number of hydrogen-bond donors (Lipinski definition) is 1. The monoisotopic (exact) mass is 221 g/mol. The third-order valence-corrected chi connectivity index (χ3v) is 2.64. The lowest BCUT2D eigenvalue weighted by Crippen LogP contribution is -2.38. The maximum absolute atomic E-state index is 11.4. The highest BCUT2D eigenvalue weighted by Gasteiger charge is 2.19. The van der Waals surface area contributed by atoms with Crippen LogP contribution >= 0.6 is 0 Å². The van der Waals surface area contributed by atoms with E-state index < -0.39 is 0 Å². The van der Waals surface area contributed by atoms with Crippen LogP contribution in [0.1, 0.15) is 31.9 Å². The predicted octanol–water partition coefficient (Wildman–Crippen LogP) is 2.29. The number of methoxy groups -OCH3 is 1. The van der Waals surface area contributed by atoms with Crippen molar-refractivity contribution in [2.24, 2.45) is 0 Å². The van der Waals surface area contributed by atoms with Gasteiger partial charge in [0.2, 0.25) is 0 Å². The summed E-state index contributed by atoms with van der Waals surface area (Å²) in [6.45, 7) is 4.01. The molecule has 0 amide bonds. The highest BCUT2D eigenvalue weighted by molar-refractivity contribution is 5.75. The van der Waals surface area contributed by atoms with Crippen molar-refractivity contribution in [2.45, 2.75) is 32.4 Å². The van der Waals surface area contributed by atoms with E-state index in [0.29, 0.717) is 0 Å². The summed E-state index contributed by atoms with van der Waals surface area (Å²) in [7, 11) is 1.42. The molecule has 2 atom stereocenters. The largest absolute Gasteiger partial charge is 0.468 e. The molecule has 0 aliphatic carbocycles. The van der Waals surface area contributed by atoms with Crippen LogP contribution in [0.4, 0.5) is 0 Å². The Morgan fingerprint density at radius 2 is 2.00 bits per heavy atom. The van der Waals surface area contributed by atoms with Gasteiger partial charge >= 0.3 is 5.97 Å². The van der Waals surface area contributed by atoms with E-state index in [1.807, 2.05) is 44.2 Å². The van der Waals surface area contributed by atoms with Crippen LogP contribution in [0.15, 0.2) is 30.3 Å². The SMILES string of the molecule is CC[C@@H](N[C@@H](C)c1ccccc1)C(=O)OC. The molecule has 0 aromatic heterocycles. The number of rotatable bonds is 5. The van der Waals surface area contributed by atoms with Crippen LogP contribution in [-0.2, 0) is 9.53 Å². The maximum Gasteiger partial charge on any atom is 0.322 e. The van der Waals surface area contributed by atoms with E-state index in [1.54, 1.807) is 0 Å². The molecule has 1 rings (SSSR count). The third-order valence-electron chi connectivity index (χ3n) is 2.64. The summed E-state index contributed by atoms with van der Waals surface area (Å²) >= 11 is 0. The summed E-state index contributed by atoms with van der Waals surface area (Å²) in [5.74, 6) is -0.203. The number of esters is 1. The van der Waals surface area contributed by atoms with Crippen LogP contribution in [0, 0.1) is 0 Å². The van der Waals surface area contributed by atoms with Crippen LogP contribution in [0.5, 0.6) is 0 Å². The molecule has 0 saturated carbocycles. The number of carbonyl (C=O) groups is 1. The second kappa shape index (κ2) is 6.28. The highest BCUT2D eigenvalue weighted by Crippen LogP contribution is 2.13. The van der Waals surface area contributed by atoms with Crippen molar-refractivity contribution in [3.63, 3.8) is 0 Å². The van der Waals surface area contributed by atoms with Gasteiger partial charge in [-0.05, 0) is 18.9 Å². The summed E-state index contributed by atoms with van der Waals surface area (Å²) < 4.78 is 4.74. The van der Waals surface area contributed by atoms with Crippen molar-refractivity contribution in [1.82, 2.24) is 5.32 Å². The van der Waals surface area contributed by atoms with Crippen molar-refractivity contribution in [3.05, 3.63) is 35.9 Å². The van der Waals surface area contributed by atoms with E-state index in [1.165, 1.54) is 12.7 Å². The topological polar surface area (TPSA) is 38.3 Å². The van der Waals surface area contributed by atoms with Crippen LogP contribution < -0.4 is 5.32 Å². The first-order chi connectivity index (χ1) is 7.69. The van der Waals surface area contributed by atoms with Gasteiger partial charge in [0.15, 0.2) is 0 Å². The highest BCUT2D eigenvalue weighted by atomic mass is 16.5. The van der Waals surface area contributed by atoms with E-state index in [2.05, 4.69) is 5.32 Å². The first kappa shape index (κ1) is 12.7. The minimum atomic E-state index is -0.236. The fraction of sp³-hybridized carbons (Fsp3) is 0.462. The summed E-state index contributed by atoms with van der Waals surface area (Å²) in [6.07, 6.45) is 0.726. The third kappa shape index (κ3) is 3.35. The molecule has 0 spiro atoms. The van der Waals surface area contributed by atoms with Crippen molar-refractivity contribution >= 4 is 5.97 Å². The minimum Gasteiger partial charge on any atom is -0.468 e. The number of nitrogens with one attached hydrogen (secondary N) is 1. The number of hydrogen-bond acceptors (Lipinski definition) is 3. The summed E-state index contributed by atoms with van der Waals surface area (Å²) in [4.78, 5) is 11.4. The predicted molar refractivity (Wildman–Crippen MR) is 64.1 cm³/mol. The van der Waals surface area contributed by atoms with Crippen molar-refractivity contribution in [2.75, 3.05) is 7.11 Å². The van der Waals surface area contributed by atoms with E-state index in [-0.39, 0.29) is 18.1 Å². The first-order valence-electron chi connectivity index (χ1n) is 5.57. The Bertz CT molecular complexity index is 324. The Morgan fingerprint density at radius 1 is 1.38 bits per heavy atom. The molecule has 1 aromatic rings. The van der Waals surface area contributed by atoms with E-state index >= 15 is 0 Å². The fourth-order valence-electron chi connectivity index (χ4n) is 1.63. The van der Waals surface area contributed by atoms with Crippen molar-refractivity contribution in [1.29, 1.82) is 0 Å². The maximum atomic E-state index is 11.4. The van der Waals surface area contributed by atoms with Gasteiger partial charge in [-0.15, -0.1) is 0 Å². The van der Waals surface area contributed by atoms with Gasteiger partial charge in [0, 0.05) is 6.04 Å². The minimum absolute atomic E-state index is 0.144. The van der Waals surface area contributed by atoms with Crippen molar-refractivity contribution in [3.8, 4) is 0 Å². The molecule has 0 heterocycles. The molecule has 0 saturated heterocycles. The van der Waals surface area contributed by atoms with Crippen LogP contribution in [0.3, 0.4) is 0 Å². The van der Waals surface area contributed by atoms with Gasteiger partial charge in [0.05, 0.1) is 7.11 Å². The molecule has 88 valence electrons. The zero-order chi connectivity index (χ0) is 12.0. The summed E-state index contributed by atoms with van der Waals surface area (Å²) in [5.41, 5.74) is 1.17. The molecule has 0 bridgehead atoms. The van der Waals surface area contributed by atoms with E-state index in [4.69, 9.17) is 4.74 Å². The first-order valence-corrected chi connectivity index (χ1v) is 5.57. The fourth-order valence-corrected chi connectivity index (χ4v) is 1.63. The van der Waals surface area contributed by atoms with Crippen molar-refractivity contribution < 1.29 is 9.53 Å². The Kier molecular flexibility index (Phi) is 4.99. The van der Waals surface area contributed by atoms with Gasteiger partial charge < -0.3 is 4.74 Å². The van der Waals surface area contributed by atoms with Gasteiger partial charge in [-0.3, -0.25) is 10.1 Å². The molecule has 16 heavy (non-hydrogen) atoms. The van der Waals surface area contributed by atoms with Crippen LogP contribution in [0.2, 0.25) is 0 Å². The molecular weight excluding hydrogens is 202 g/mol.